The second kappa shape index (κ2) is 8.25. The summed E-state index contributed by atoms with van der Waals surface area (Å²) in [5.41, 5.74) is 1.90. The highest BCUT2D eigenvalue weighted by atomic mass is 32.2. The fourth-order valence-electron chi connectivity index (χ4n) is 2.17. The Morgan fingerprint density at radius 1 is 1.16 bits per heavy atom. The van der Waals surface area contributed by atoms with E-state index in [2.05, 4.69) is 20.3 Å². The van der Waals surface area contributed by atoms with E-state index in [9.17, 15) is 9.59 Å². The van der Waals surface area contributed by atoms with Crippen LogP contribution in [-0.4, -0.2) is 20.9 Å². The second-order valence-electron chi connectivity index (χ2n) is 5.28. The molecule has 0 aliphatic heterocycles. The van der Waals surface area contributed by atoms with Crippen LogP contribution >= 0.6 is 11.8 Å². The molecule has 2 N–H and O–H groups in total. The lowest BCUT2D eigenvalue weighted by molar-refractivity contribution is -0.115. The van der Waals surface area contributed by atoms with Gasteiger partial charge >= 0.3 is 0 Å². The van der Waals surface area contributed by atoms with Crippen molar-refractivity contribution >= 4 is 23.4 Å². The Balaban J connectivity index is 1.64. The highest BCUT2D eigenvalue weighted by Gasteiger charge is 2.08. The minimum Gasteiger partial charge on any atom is -0.324 e. The van der Waals surface area contributed by atoms with Gasteiger partial charge in [0.05, 0.1) is 24.0 Å². The highest BCUT2D eigenvalue weighted by molar-refractivity contribution is 7.98. The standard InChI is InChI=1S/C18H16N4O2S/c23-16(20-14-7-4-8-19-11-14)9-15-10-17(24)22-18(21-15)25-12-13-5-2-1-3-6-13/h1-8,10-11H,9,12H2,(H,20,23)(H,21,22,24). The van der Waals surface area contributed by atoms with E-state index in [1.807, 2.05) is 30.3 Å². The molecule has 0 saturated heterocycles. The number of amides is 1. The summed E-state index contributed by atoms with van der Waals surface area (Å²) in [5.74, 6) is 0.444. The third-order valence-corrected chi connectivity index (χ3v) is 4.22. The third kappa shape index (κ3) is 5.29. The minimum absolute atomic E-state index is 0.0255. The van der Waals surface area contributed by atoms with Gasteiger partial charge in [-0.15, -0.1) is 0 Å². The van der Waals surface area contributed by atoms with Crippen molar-refractivity contribution in [1.29, 1.82) is 0 Å². The summed E-state index contributed by atoms with van der Waals surface area (Å²) in [5, 5.41) is 3.23. The van der Waals surface area contributed by atoms with Gasteiger partial charge in [-0.3, -0.25) is 14.6 Å². The van der Waals surface area contributed by atoms with Gasteiger partial charge in [0, 0.05) is 18.0 Å². The number of nitrogens with one attached hydrogen (secondary N) is 2. The molecule has 6 nitrogen and oxygen atoms in total. The molecule has 0 unspecified atom stereocenters. The molecule has 7 heteroatoms. The largest absolute Gasteiger partial charge is 0.324 e. The van der Waals surface area contributed by atoms with Crippen molar-refractivity contribution in [2.45, 2.75) is 17.3 Å². The fraction of sp³-hybridized carbons (Fsp3) is 0.111. The molecule has 0 fully saturated rings. The summed E-state index contributed by atoms with van der Waals surface area (Å²) in [4.78, 5) is 34.9. The van der Waals surface area contributed by atoms with Gasteiger partial charge in [0.2, 0.25) is 5.91 Å². The van der Waals surface area contributed by atoms with Crippen molar-refractivity contribution in [3.63, 3.8) is 0 Å². The van der Waals surface area contributed by atoms with E-state index >= 15 is 0 Å². The zero-order valence-corrected chi connectivity index (χ0v) is 14.1. The molecule has 2 aromatic heterocycles. The number of aromatic amines is 1. The Bertz CT molecular complexity index is 898. The van der Waals surface area contributed by atoms with E-state index in [-0.39, 0.29) is 17.9 Å². The van der Waals surface area contributed by atoms with Crippen LogP contribution in [0.15, 0.2) is 70.9 Å². The molecule has 25 heavy (non-hydrogen) atoms. The average molecular weight is 352 g/mol. The average Bonchev–Trinajstić information content (AvgIpc) is 2.61. The summed E-state index contributed by atoms with van der Waals surface area (Å²) in [6, 6.07) is 14.7. The van der Waals surface area contributed by atoms with Crippen molar-refractivity contribution in [3.8, 4) is 0 Å². The van der Waals surface area contributed by atoms with Gasteiger partial charge in [-0.25, -0.2) is 4.98 Å². The van der Waals surface area contributed by atoms with Crippen LogP contribution in [0, 0.1) is 0 Å². The van der Waals surface area contributed by atoms with Gasteiger partial charge in [-0.1, -0.05) is 42.1 Å². The van der Waals surface area contributed by atoms with Gasteiger partial charge < -0.3 is 10.3 Å². The molecular formula is C18H16N4O2S. The molecule has 1 aromatic carbocycles. The zero-order valence-electron chi connectivity index (χ0n) is 13.3. The smallest absolute Gasteiger partial charge is 0.251 e. The maximum Gasteiger partial charge on any atom is 0.251 e. The van der Waals surface area contributed by atoms with E-state index in [0.29, 0.717) is 22.3 Å². The van der Waals surface area contributed by atoms with Crippen LogP contribution in [0.5, 0.6) is 0 Å². The Morgan fingerprint density at radius 2 is 2.00 bits per heavy atom. The first-order valence-corrected chi connectivity index (χ1v) is 8.64. The number of thioether (sulfide) groups is 1. The molecule has 0 atom stereocenters. The number of pyridine rings is 1. The van der Waals surface area contributed by atoms with Crippen LogP contribution in [-0.2, 0) is 17.0 Å². The number of aromatic nitrogens is 3. The molecular weight excluding hydrogens is 336 g/mol. The molecule has 0 spiro atoms. The molecule has 0 saturated carbocycles. The number of hydrogen-bond acceptors (Lipinski definition) is 5. The predicted octanol–water partition coefficient (Wildman–Crippen LogP) is 2.64. The van der Waals surface area contributed by atoms with Crippen molar-refractivity contribution in [2.24, 2.45) is 0 Å². The number of nitrogens with zero attached hydrogens (tertiary/aromatic N) is 2. The van der Waals surface area contributed by atoms with Crippen LogP contribution in [0.25, 0.3) is 0 Å². The fourth-order valence-corrected chi connectivity index (χ4v) is 3.03. The number of carbonyl (C=O) groups excluding carboxylic acids is 1. The first-order valence-electron chi connectivity index (χ1n) is 7.66. The van der Waals surface area contributed by atoms with Crippen LogP contribution in [0.2, 0.25) is 0 Å². The third-order valence-electron chi connectivity index (χ3n) is 3.28. The first kappa shape index (κ1) is 16.9. The van der Waals surface area contributed by atoms with Gasteiger partial charge in [0.15, 0.2) is 5.16 Å². The summed E-state index contributed by atoms with van der Waals surface area (Å²) in [7, 11) is 0. The topological polar surface area (TPSA) is 87.7 Å². The number of hydrogen-bond donors (Lipinski definition) is 2. The minimum atomic E-state index is -0.269. The lowest BCUT2D eigenvalue weighted by Crippen LogP contribution is -2.18. The van der Waals surface area contributed by atoms with E-state index < -0.39 is 0 Å². The maximum atomic E-state index is 12.1. The highest BCUT2D eigenvalue weighted by Crippen LogP contribution is 2.18. The molecule has 3 aromatic rings. The van der Waals surface area contributed by atoms with Crippen LogP contribution in [0.1, 0.15) is 11.3 Å². The van der Waals surface area contributed by atoms with Gasteiger partial charge in [-0.2, -0.15) is 0 Å². The molecule has 0 aliphatic rings. The molecule has 126 valence electrons. The van der Waals surface area contributed by atoms with Crippen LogP contribution in [0.4, 0.5) is 5.69 Å². The molecule has 0 bridgehead atoms. The van der Waals surface area contributed by atoms with Crippen molar-refractivity contribution < 1.29 is 4.79 Å². The van der Waals surface area contributed by atoms with E-state index in [4.69, 9.17) is 0 Å². The van der Waals surface area contributed by atoms with E-state index in [1.54, 1.807) is 24.5 Å². The molecule has 1 amide bonds. The maximum absolute atomic E-state index is 12.1. The second-order valence-corrected chi connectivity index (χ2v) is 6.25. The lowest BCUT2D eigenvalue weighted by atomic mass is 10.2. The predicted molar refractivity (Wildman–Crippen MR) is 97.4 cm³/mol. The van der Waals surface area contributed by atoms with Crippen LogP contribution < -0.4 is 10.9 Å². The zero-order chi connectivity index (χ0) is 17.5. The molecule has 2 heterocycles. The van der Waals surface area contributed by atoms with E-state index in [1.165, 1.54) is 17.8 Å². The Hall–Kier alpha value is -2.93. The molecule has 3 rings (SSSR count). The quantitative estimate of drug-likeness (QED) is 0.526. The number of anilines is 1. The van der Waals surface area contributed by atoms with Crippen molar-refractivity contribution in [1.82, 2.24) is 15.0 Å². The number of rotatable bonds is 6. The van der Waals surface area contributed by atoms with Crippen molar-refractivity contribution in [3.05, 3.63) is 82.5 Å². The summed E-state index contributed by atoms with van der Waals surface area (Å²) >= 11 is 1.42. The van der Waals surface area contributed by atoms with Gasteiger partial charge in [0.25, 0.3) is 5.56 Å². The molecule has 0 aliphatic carbocycles. The van der Waals surface area contributed by atoms with Crippen molar-refractivity contribution in [2.75, 3.05) is 5.32 Å². The Labute approximate surface area is 148 Å². The van der Waals surface area contributed by atoms with E-state index in [0.717, 1.165) is 5.56 Å². The monoisotopic (exact) mass is 352 g/mol. The molecule has 0 radical (unpaired) electrons. The normalized spacial score (nSPS) is 10.4. The van der Waals surface area contributed by atoms with Gasteiger partial charge in [-0.05, 0) is 17.7 Å². The Morgan fingerprint density at radius 3 is 2.76 bits per heavy atom. The summed E-state index contributed by atoms with van der Waals surface area (Å²) < 4.78 is 0. The number of H-pyrrole nitrogens is 1. The Kier molecular flexibility index (Phi) is 5.58. The lowest BCUT2D eigenvalue weighted by Gasteiger charge is -2.06. The summed E-state index contributed by atoms with van der Waals surface area (Å²) in [6.07, 6.45) is 3.21. The summed E-state index contributed by atoms with van der Waals surface area (Å²) in [6.45, 7) is 0. The number of carbonyl (C=O) groups is 1. The first-order chi connectivity index (χ1) is 12.2. The van der Waals surface area contributed by atoms with Gasteiger partial charge in [0.1, 0.15) is 0 Å². The van der Waals surface area contributed by atoms with Crippen LogP contribution in [0.3, 0.4) is 0 Å². The SMILES string of the molecule is O=C(Cc1cc(=O)[nH]c(SCc2ccccc2)n1)Nc1cccnc1. The number of benzene rings is 1.